The molecule has 2 saturated heterocycles. The van der Waals surface area contributed by atoms with Crippen LogP contribution in [0, 0.1) is 6.92 Å². The van der Waals surface area contributed by atoms with Gasteiger partial charge in [0.2, 0.25) is 0 Å². The van der Waals surface area contributed by atoms with E-state index in [-0.39, 0.29) is 5.91 Å². The first kappa shape index (κ1) is 18.8. The molecule has 0 unspecified atom stereocenters. The summed E-state index contributed by atoms with van der Waals surface area (Å²) in [6, 6.07) is 13.9. The van der Waals surface area contributed by atoms with Gasteiger partial charge in [-0.3, -0.25) is 4.79 Å². The number of nitrogens with one attached hydrogen (secondary N) is 1. The fourth-order valence-corrected chi connectivity index (χ4v) is 3.69. The summed E-state index contributed by atoms with van der Waals surface area (Å²) in [6.07, 6.45) is 0. The van der Waals surface area contributed by atoms with Crippen LogP contribution in [-0.2, 0) is 9.47 Å². The van der Waals surface area contributed by atoms with Gasteiger partial charge in [0.15, 0.2) is 0 Å². The van der Waals surface area contributed by atoms with E-state index < -0.39 is 0 Å². The maximum absolute atomic E-state index is 12.8. The number of ether oxygens (including phenoxy) is 2. The van der Waals surface area contributed by atoms with E-state index in [0.29, 0.717) is 18.8 Å². The fraction of sp³-hybridized carbons (Fsp3) is 0.409. The molecule has 1 amide bonds. The van der Waals surface area contributed by atoms with Crippen LogP contribution in [-0.4, -0.2) is 58.5 Å². The standard InChI is InChI=1S/C22H27N3O3/c1-17-3-2-4-18(15-17)22(26)23-20-6-5-19(24-7-11-27-12-8-24)16-21(20)25-9-13-28-14-10-25/h2-6,15-16H,7-14H2,1H3,(H,23,26). The molecule has 6 nitrogen and oxygen atoms in total. The van der Waals surface area contributed by atoms with Crippen molar-refractivity contribution < 1.29 is 14.3 Å². The summed E-state index contributed by atoms with van der Waals surface area (Å²) in [5, 5.41) is 3.12. The average Bonchev–Trinajstić information content (AvgIpc) is 2.75. The number of morpholine rings is 2. The van der Waals surface area contributed by atoms with Gasteiger partial charge < -0.3 is 24.6 Å². The second-order valence-electron chi connectivity index (χ2n) is 7.22. The number of rotatable bonds is 4. The Labute approximate surface area is 166 Å². The van der Waals surface area contributed by atoms with Crippen LogP contribution in [0.2, 0.25) is 0 Å². The van der Waals surface area contributed by atoms with Crippen LogP contribution in [0.1, 0.15) is 15.9 Å². The number of amides is 1. The molecule has 1 N–H and O–H groups in total. The molecule has 148 valence electrons. The number of aryl methyl sites for hydroxylation is 1. The summed E-state index contributed by atoms with van der Waals surface area (Å²) >= 11 is 0. The molecule has 4 rings (SSSR count). The lowest BCUT2D eigenvalue weighted by atomic mass is 10.1. The summed E-state index contributed by atoms with van der Waals surface area (Å²) in [6.45, 7) is 8.31. The van der Waals surface area contributed by atoms with Crippen molar-refractivity contribution >= 4 is 23.0 Å². The van der Waals surface area contributed by atoms with Gasteiger partial charge in [-0.05, 0) is 37.3 Å². The minimum atomic E-state index is -0.0858. The number of carbonyl (C=O) groups is 1. The third-order valence-corrected chi connectivity index (χ3v) is 5.24. The molecule has 2 aromatic rings. The number of anilines is 3. The Morgan fingerprint density at radius 3 is 2.25 bits per heavy atom. The van der Waals surface area contributed by atoms with Gasteiger partial charge in [-0.25, -0.2) is 0 Å². The van der Waals surface area contributed by atoms with Crippen molar-refractivity contribution in [2.24, 2.45) is 0 Å². The maximum Gasteiger partial charge on any atom is 0.255 e. The minimum Gasteiger partial charge on any atom is -0.378 e. The van der Waals surface area contributed by atoms with Crippen molar-refractivity contribution in [1.82, 2.24) is 0 Å². The molecule has 0 aliphatic carbocycles. The molecule has 0 spiro atoms. The van der Waals surface area contributed by atoms with Crippen LogP contribution in [0.15, 0.2) is 42.5 Å². The van der Waals surface area contributed by atoms with Gasteiger partial charge in [-0.2, -0.15) is 0 Å². The molecule has 2 aliphatic rings. The SMILES string of the molecule is Cc1cccc(C(=O)Nc2ccc(N3CCOCC3)cc2N2CCOCC2)c1. The quantitative estimate of drug-likeness (QED) is 0.883. The van der Waals surface area contributed by atoms with Crippen molar-refractivity contribution in [3.8, 4) is 0 Å². The van der Waals surface area contributed by atoms with Gasteiger partial charge in [-0.1, -0.05) is 17.7 Å². The van der Waals surface area contributed by atoms with Crippen LogP contribution in [0.5, 0.6) is 0 Å². The van der Waals surface area contributed by atoms with Crippen LogP contribution >= 0.6 is 0 Å². The van der Waals surface area contributed by atoms with E-state index in [1.807, 2.05) is 37.3 Å². The van der Waals surface area contributed by atoms with Crippen molar-refractivity contribution in [2.75, 3.05) is 67.7 Å². The van der Waals surface area contributed by atoms with Crippen LogP contribution in [0.25, 0.3) is 0 Å². The van der Waals surface area contributed by atoms with Crippen molar-refractivity contribution in [1.29, 1.82) is 0 Å². The van der Waals surface area contributed by atoms with Gasteiger partial charge >= 0.3 is 0 Å². The molecule has 6 heteroatoms. The predicted octanol–water partition coefficient (Wildman–Crippen LogP) is 2.92. The summed E-state index contributed by atoms with van der Waals surface area (Å²) in [5.74, 6) is -0.0858. The topological polar surface area (TPSA) is 54.0 Å². The van der Waals surface area contributed by atoms with E-state index in [0.717, 1.165) is 56.3 Å². The summed E-state index contributed by atoms with van der Waals surface area (Å²) in [7, 11) is 0. The van der Waals surface area contributed by atoms with Crippen molar-refractivity contribution in [3.63, 3.8) is 0 Å². The Morgan fingerprint density at radius 1 is 0.893 bits per heavy atom. The fourth-order valence-electron chi connectivity index (χ4n) is 3.69. The highest BCUT2D eigenvalue weighted by Crippen LogP contribution is 2.32. The summed E-state index contributed by atoms with van der Waals surface area (Å²) in [4.78, 5) is 17.4. The Bertz CT molecular complexity index is 828. The van der Waals surface area contributed by atoms with Crippen LogP contribution in [0.4, 0.5) is 17.1 Å². The molecule has 2 fully saturated rings. The second kappa shape index (κ2) is 8.63. The Balaban J connectivity index is 1.62. The number of hydrogen-bond acceptors (Lipinski definition) is 5. The van der Waals surface area contributed by atoms with E-state index in [2.05, 4.69) is 27.2 Å². The zero-order chi connectivity index (χ0) is 19.3. The Morgan fingerprint density at radius 2 is 1.57 bits per heavy atom. The molecule has 0 atom stereocenters. The van der Waals surface area contributed by atoms with Gasteiger partial charge in [0.1, 0.15) is 0 Å². The van der Waals surface area contributed by atoms with Crippen molar-refractivity contribution in [2.45, 2.75) is 6.92 Å². The molecular weight excluding hydrogens is 354 g/mol. The monoisotopic (exact) mass is 381 g/mol. The predicted molar refractivity (Wildman–Crippen MR) is 112 cm³/mol. The molecule has 2 aliphatic heterocycles. The third kappa shape index (κ3) is 4.29. The lowest BCUT2D eigenvalue weighted by Crippen LogP contribution is -2.38. The van der Waals surface area contributed by atoms with Gasteiger partial charge in [-0.15, -0.1) is 0 Å². The highest BCUT2D eigenvalue weighted by Gasteiger charge is 2.20. The van der Waals surface area contributed by atoms with Gasteiger partial charge in [0.05, 0.1) is 37.8 Å². The highest BCUT2D eigenvalue weighted by atomic mass is 16.5. The smallest absolute Gasteiger partial charge is 0.255 e. The first-order valence-corrected chi connectivity index (χ1v) is 9.88. The normalized spacial score (nSPS) is 17.5. The van der Waals surface area contributed by atoms with Crippen molar-refractivity contribution in [3.05, 3.63) is 53.6 Å². The van der Waals surface area contributed by atoms with Gasteiger partial charge in [0.25, 0.3) is 5.91 Å². The van der Waals surface area contributed by atoms with Crippen LogP contribution in [0.3, 0.4) is 0 Å². The zero-order valence-electron chi connectivity index (χ0n) is 16.3. The summed E-state index contributed by atoms with van der Waals surface area (Å²) < 4.78 is 11.0. The number of hydrogen-bond donors (Lipinski definition) is 1. The number of carbonyl (C=O) groups excluding carboxylic acids is 1. The van der Waals surface area contributed by atoms with E-state index in [4.69, 9.17) is 9.47 Å². The average molecular weight is 381 g/mol. The number of benzene rings is 2. The molecule has 0 radical (unpaired) electrons. The lowest BCUT2D eigenvalue weighted by Gasteiger charge is -2.33. The number of nitrogens with zero attached hydrogens (tertiary/aromatic N) is 2. The second-order valence-corrected chi connectivity index (χ2v) is 7.22. The maximum atomic E-state index is 12.8. The third-order valence-electron chi connectivity index (χ3n) is 5.24. The van der Waals surface area contributed by atoms with E-state index >= 15 is 0 Å². The highest BCUT2D eigenvalue weighted by molar-refractivity contribution is 6.06. The molecule has 2 heterocycles. The first-order valence-electron chi connectivity index (χ1n) is 9.88. The first-order chi connectivity index (χ1) is 13.7. The molecule has 0 saturated carbocycles. The molecule has 28 heavy (non-hydrogen) atoms. The lowest BCUT2D eigenvalue weighted by molar-refractivity contribution is 0.102. The molecule has 0 aromatic heterocycles. The molecular formula is C22H27N3O3. The van der Waals surface area contributed by atoms with E-state index in [1.54, 1.807) is 0 Å². The van der Waals surface area contributed by atoms with Crippen LogP contribution < -0.4 is 15.1 Å². The molecule has 2 aromatic carbocycles. The largest absolute Gasteiger partial charge is 0.378 e. The molecule has 0 bridgehead atoms. The van der Waals surface area contributed by atoms with Gasteiger partial charge in [0, 0.05) is 37.4 Å². The summed E-state index contributed by atoms with van der Waals surface area (Å²) in [5.41, 5.74) is 4.80. The van der Waals surface area contributed by atoms with E-state index in [9.17, 15) is 4.79 Å². The Kier molecular flexibility index (Phi) is 5.78. The Hall–Kier alpha value is -2.57. The van der Waals surface area contributed by atoms with E-state index in [1.165, 1.54) is 5.69 Å². The minimum absolute atomic E-state index is 0.0858. The zero-order valence-corrected chi connectivity index (χ0v) is 16.3.